The Labute approximate surface area is 101 Å². The SMILES string of the molecule is CCCNCC(CCC)N1CCC(OC)C1. The van der Waals surface area contributed by atoms with Crippen molar-refractivity contribution in [3.05, 3.63) is 0 Å². The fourth-order valence-electron chi connectivity index (χ4n) is 2.47. The Morgan fingerprint density at radius 3 is 2.75 bits per heavy atom. The van der Waals surface area contributed by atoms with Crippen molar-refractivity contribution < 1.29 is 4.74 Å². The van der Waals surface area contributed by atoms with Crippen LogP contribution >= 0.6 is 0 Å². The van der Waals surface area contributed by atoms with E-state index < -0.39 is 0 Å². The van der Waals surface area contributed by atoms with Crippen LogP contribution in [0.5, 0.6) is 0 Å². The maximum Gasteiger partial charge on any atom is 0.0710 e. The van der Waals surface area contributed by atoms with Gasteiger partial charge in [0.05, 0.1) is 6.10 Å². The van der Waals surface area contributed by atoms with Crippen LogP contribution in [0.1, 0.15) is 39.5 Å². The van der Waals surface area contributed by atoms with E-state index in [-0.39, 0.29) is 0 Å². The normalized spacial score (nSPS) is 23.8. The summed E-state index contributed by atoms with van der Waals surface area (Å²) in [6.07, 6.45) is 5.45. The summed E-state index contributed by atoms with van der Waals surface area (Å²) in [5, 5.41) is 3.55. The lowest BCUT2D eigenvalue weighted by molar-refractivity contribution is 0.0993. The van der Waals surface area contributed by atoms with Gasteiger partial charge in [-0.05, 0) is 25.8 Å². The molecule has 0 radical (unpaired) electrons. The highest BCUT2D eigenvalue weighted by atomic mass is 16.5. The molecule has 0 aliphatic carbocycles. The number of ether oxygens (including phenoxy) is 1. The number of methoxy groups -OCH3 is 1. The largest absolute Gasteiger partial charge is 0.380 e. The number of likely N-dealkylation sites (tertiary alicyclic amines) is 1. The van der Waals surface area contributed by atoms with Gasteiger partial charge in [0.15, 0.2) is 0 Å². The van der Waals surface area contributed by atoms with Crippen molar-refractivity contribution in [2.24, 2.45) is 0 Å². The van der Waals surface area contributed by atoms with Gasteiger partial charge >= 0.3 is 0 Å². The summed E-state index contributed by atoms with van der Waals surface area (Å²) in [7, 11) is 1.83. The Balaban J connectivity index is 2.31. The number of hydrogen-bond acceptors (Lipinski definition) is 3. The molecule has 2 atom stereocenters. The number of nitrogens with one attached hydrogen (secondary N) is 1. The van der Waals surface area contributed by atoms with Gasteiger partial charge in [-0.15, -0.1) is 0 Å². The van der Waals surface area contributed by atoms with E-state index in [0.29, 0.717) is 12.1 Å². The minimum absolute atomic E-state index is 0.463. The van der Waals surface area contributed by atoms with Gasteiger partial charge in [-0.25, -0.2) is 0 Å². The highest BCUT2D eigenvalue weighted by Gasteiger charge is 2.27. The van der Waals surface area contributed by atoms with Crippen molar-refractivity contribution in [2.45, 2.75) is 51.7 Å². The smallest absolute Gasteiger partial charge is 0.0710 e. The molecule has 3 heteroatoms. The first-order chi connectivity index (χ1) is 7.81. The van der Waals surface area contributed by atoms with Crippen molar-refractivity contribution in [1.82, 2.24) is 10.2 Å². The minimum Gasteiger partial charge on any atom is -0.380 e. The van der Waals surface area contributed by atoms with Gasteiger partial charge in [-0.2, -0.15) is 0 Å². The van der Waals surface area contributed by atoms with E-state index in [1.54, 1.807) is 0 Å². The Kier molecular flexibility index (Phi) is 7.01. The van der Waals surface area contributed by atoms with E-state index >= 15 is 0 Å². The second-order valence-electron chi connectivity index (χ2n) is 4.79. The highest BCUT2D eigenvalue weighted by Crippen LogP contribution is 2.17. The molecule has 2 unspecified atom stereocenters. The van der Waals surface area contributed by atoms with E-state index in [0.717, 1.165) is 19.6 Å². The zero-order chi connectivity index (χ0) is 11.8. The first kappa shape index (κ1) is 13.9. The van der Waals surface area contributed by atoms with E-state index in [1.807, 2.05) is 7.11 Å². The van der Waals surface area contributed by atoms with Gasteiger partial charge in [-0.3, -0.25) is 4.90 Å². The molecule has 1 fully saturated rings. The van der Waals surface area contributed by atoms with Crippen molar-refractivity contribution in [3.8, 4) is 0 Å². The molecule has 0 saturated carbocycles. The van der Waals surface area contributed by atoms with E-state index in [9.17, 15) is 0 Å². The molecule has 0 aromatic carbocycles. The number of nitrogens with zero attached hydrogens (tertiary/aromatic N) is 1. The summed E-state index contributed by atoms with van der Waals surface area (Å²) >= 11 is 0. The molecule has 0 bridgehead atoms. The van der Waals surface area contributed by atoms with E-state index in [4.69, 9.17) is 4.74 Å². The molecule has 3 nitrogen and oxygen atoms in total. The lowest BCUT2D eigenvalue weighted by atomic mass is 10.1. The van der Waals surface area contributed by atoms with Crippen LogP contribution in [0.3, 0.4) is 0 Å². The maximum absolute atomic E-state index is 5.43. The minimum atomic E-state index is 0.463. The Bertz CT molecular complexity index is 175. The molecule has 0 aromatic heterocycles. The van der Waals surface area contributed by atoms with Crippen LogP contribution in [0.4, 0.5) is 0 Å². The maximum atomic E-state index is 5.43. The van der Waals surface area contributed by atoms with Crippen LogP contribution in [0.15, 0.2) is 0 Å². The highest BCUT2D eigenvalue weighted by molar-refractivity contribution is 4.83. The standard InChI is InChI=1S/C13H28N2O/c1-4-6-12(10-14-8-5-2)15-9-7-13(11-15)16-3/h12-14H,4-11H2,1-3H3. The fourth-order valence-corrected chi connectivity index (χ4v) is 2.47. The van der Waals surface area contributed by atoms with Crippen molar-refractivity contribution in [2.75, 3.05) is 33.3 Å². The van der Waals surface area contributed by atoms with E-state index in [2.05, 4.69) is 24.1 Å². The van der Waals surface area contributed by atoms with Gasteiger partial charge in [-0.1, -0.05) is 20.3 Å². The summed E-state index contributed by atoms with van der Waals surface area (Å²) in [5.41, 5.74) is 0. The molecular weight excluding hydrogens is 200 g/mol. The Morgan fingerprint density at radius 1 is 1.38 bits per heavy atom. The molecule has 1 aliphatic rings. The second kappa shape index (κ2) is 8.04. The van der Waals surface area contributed by atoms with Crippen molar-refractivity contribution in [3.63, 3.8) is 0 Å². The predicted octanol–water partition coefficient (Wildman–Crippen LogP) is 1.88. The Hall–Kier alpha value is -0.120. The third-order valence-corrected chi connectivity index (χ3v) is 3.45. The number of rotatable bonds is 8. The monoisotopic (exact) mass is 228 g/mol. The van der Waals surface area contributed by atoms with Crippen LogP contribution in [-0.2, 0) is 4.74 Å². The molecule has 96 valence electrons. The Morgan fingerprint density at radius 2 is 2.19 bits per heavy atom. The molecule has 0 amide bonds. The van der Waals surface area contributed by atoms with Crippen molar-refractivity contribution >= 4 is 0 Å². The fraction of sp³-hybridized carbons (Fsp3) is 1.00. The van der Waals surface area contributed by atoms with Crippen LogP contribution in [0.25, 0.3) is 0 Å². The molecule has 1 N–H and O–H groups in total. The first-order valence-corrected chi connectivity index (χ1v) is 6.79. The van der Waals surface area contributed by atoms with Crippen LogP contribution in [0, 0.1) is 0 Å². The third-order valence-electron chi connectivity index (χ3n) is 3.45. The summed E-state index contributed by atoms with van der Waals surface area (Å²) in [6, 6.07) is 0.705. The molecule has 1 heterocycles. The molecule has 1 rings (SSSR count). The average molecular weight is 228 g/mol. The summed E-state index contributed by atoms with van der Waals surface area (Å²) in [5.74, 6) is 0. The topological polar surface area (TPSA) is 24.5 Å². The first-order valence-electron chi connectivity index (χ1n) is 6.79. The summed E-state index contributed by atoms with van der Waals surface area (Å²) in [4.78, 5) is 2.60. The van der Waals surface area contributed by atoms with Crippen molar-refractivity contribution in [1.29, 1.82) is 0 Å². The molecule has 16 heavy (non-hydrogen) atoms. The van der Waals surface area contributed by atoms with E-state index in [1.165, 1.54) is 32.2 Å². The van der Waals surface area contributed by atoms with Gasteiger partial charge in [0.25, 0.3) is 0 Å². The molecule has 0 aromatic rings. The zero-order valence-electron chi connectivity index (χ0n) is 11.2. The van der Waals surface area contributed by atoms with Gasteiger partial charge in [0.2, 0.25) is 0 Å². The van der Waals surface area contributed by atoms with Crippen LogP contribution in [-0.4, -0.2) is 50.3 Å². The molecule has 1 aliphatic heterocycles. The lowest BCUT2D eigenvalue weighted by Gasteiger charge is -2.27. The zero-order valence-corrected chi connectivity index (χ0v) is 11.2. The second-order valence-corrected chi connectivity index (χ2v) is 4.79. The molecule has 1 saturated heterocycles. The summed E-state index contributed by atoms with van der Waals surface area (Å²) in [6.45, 7) is 9.10. The van der Waals surface area contributed by atoms with Crippen LogP contribution in [0.2, 0.25) is 0 Å². The van der Waals surface area contributed by atoms with Gasteiger partial charge < -0.3 is 10.1 Å². The molecule has 0 spiro atoms. The van der Waals surface area contributed by atoms with Gasteiger partial charge in [0.1, 0.15) is 0 Å². The quantitative estimate of drug-likeness (QED) is 0.642. The van der Waals surface area contributed by atoms with Crippen LogP contribution < -0.4 is 5.32 Å². The molecular formula is C13H28N2O. The third kappa shape index (κ3) is 4.40. The predicted molar refractivity (Wildman–Crippen MR) is 68.8 cm³/mol. The lowest BCUT2D eigenvalue weighted by Crippen LogP contribution is -2.41. The summed E-state index contributed by atoms with van der Waals surface area (Å²) < 4.78 is 5.43. The number of hydrogen-bond donors (Lipinski definition) is 1. The average Bonchev–Trinajstić information content (AvgIpc) is 2.76. The van der Waals surface area contributed by atoms with Gasteiger partial charge in [0, 0.05) is 32.8 Å².